The number of pyridine rings is 1. The van der Waals surface area contributed by atoms with Gasteiger partial charge >= 0.3 is 0 Å². The van der Waals surface area contributed by atoms with Crippen molar-refractivity contribution in [1.82, 2.24) is 15.6 Å². The summed E-state index contributed by atoms with van der Waals surface area (Å²) >= 11 is 0. The third-order valence-electron chi connectivity index (χ3n) is 2.72. The Bertz CT molecular complexity index is 492. The number of rotatable bonds is 2. The van der Waals surface area contributed by atoms with Crippen molar-refractivity contribution in [3.8, 4) is 0 Å². The van der Waals surface area contributed by atoms with E-state index in [4.69, 9.17) is 5.73 Å². The molecular formula is C11H13FN4O2. The van der Waals surface area contributed by atoms with Crippen LogP contribution in [0.1, 0.15) is 23.2 Å². The van der Waals surface area contributed by atoms with E-state index in [2.05, 4.69) is 15.6 Å². The van der Waals surface area contributed by atoms with Crippen molar-refractivity contribution in [3.05, 3.63) is 23.6 Å². The number of nitrogens with zero attached hydrogens (tertiary/aromatic N) is 1. The van der Waals surface area contributed by atoms with Crippen molar-refractivity contribution in [2.45, 2.75) is 18.9 Å². The number of nitrogens with two attached hydrogens (primary N) is 1. The van der Waals surface area contributed by atoms with Crippen LogP contribution in [0.2, 0.25) is 0 Å². The highest BCUT2D eigenvalue weighted by molar-refractivity contribution is 6.00. The van der Waals surface area contributed by atoms with Crippen LogP contribution in [0.4, 0.5) is 10.2 Å². The largest absolute Gasteiger partial charge is 0.383 e. The van der Waals surface area contributed by atoms with Crippen LogP contribution in [0.5, 0.6) is 0 Å². The molecule has 0 saturated carbocycles. The first-order valence-corrected chi connectivity index (χ1v) is 5.57. The van der Waals surface area contributed by atoms with E-state index in [0.717, 1.165) is 18.7 Å². The number of nitrogen functional groups attached to an aromatic ring is 1. The van der Waals surface area contributed by atoms with Gasteiger partial charge in [0.1, 0.15) is 17.7 Å². The molecule has 4 N–H and O–H groups in total. The number of amides is 2. The van der Waals surface area contributed by atoms with Gasteiger partial charge in [-0.05, 0) is 18.9 Å². The monoisotopic (exact) mass is 252 g/mol. The number of carbonyl (C=O) groups is 2. The molecule has 7 heteroatoms. The number of aromatic nitrogens is 1. The number of nitrogens with one attached hydrogen (secondary N) is 2. The summed E-state index contributed by atoms with van der Waals surface area (Å²) in [6, 6.07) is 0.396. The summed E-state index contributed by atoms with van der Waals surface area (Å²) < 4.78 is 13.0. The first-order valence-electron chi connectivity index (χ1n) is 5.57. The molecule has 2 rings (SSSR count). The molecule has 1 saturated heterocycles. The summed E-state index contributed by atoms with van der Waals surface area (Å²) in [6.45, 7) is 0.606. The maximum atomic E-state index is 13.0. The van der Waals surface area contributed by atoms with Crippen LogP contribution < -0.4 is 16.4 Å². The van der Waals surface area contributed by atoms with Gasteiger partial charge in [0.15, 0.2) is 0 Å². The average Bonchev–Trinajstić information content (AvgIpc) is 2.35. The van der Waals surface area contributed by atoms with Gasteiger partial charge in [0.2, 0.25) is 5.91 Å². The predicted octanol–water partition coefficient (Wildman–Crippen LogP) is -0.189. The molecule has 2 heterocycles. The van der Waals surface area contributed by atoms with Crippen molar-refractivity contribution >= 4 is 17.6 Å². The third-order valence-corrected chi connectivity index (χ3v) is 2.72. The van der Waals surface area contributed by atoms with E-state index >= 15 is 0 Å². The number of halogens is 1. The summed E-state index contributed by atoms with van der Waals surface area (Å²) in [5, 5.41) is 5.16. The number of hydrogen-bond acceptors (Lipinski definition) is 4. The molecule has 0 aliphatic carbocycles. The van der Waals surface area contributed by atoms with Gasteiger partial charge in [0, 0.05) is 6.54 Å². The van der Waals surface area contributed by atoms with Crippen molar-refractivity contribution in [3.63, 3.8) is 0 Å². The Morgan fingerprint density at radius 1 is 1.61 bits per heavy atom. The standard InChI is InChI=1S/C11H13FN4O2/c12-6-4-7(9(13)15-5-6)10(17)16-8-2-1-3-14-11(8)18/h4-5,8H,1-3H2,(H2,13,15)(H,14,18)(H,16,17). The zero-order chi connectivity index (χ0) is 13.1. The fourth-order valence-electron chi connectivity index (χ4n) is 1.78. The summed E-state index contributed by atoms with van der Waals surface area (Å²) in [6.07, 6.45) is 2.27. The van der Waals surface area contributed by atoms with Crippen LogP contribution in [0.3, 0.4) is 0 Å². The summed E-state index contributed by atoms with van der Waals surface area (Å²) in [5.74, 6) is -1.55. The van der Waals surface area contributed by atoms with Crippen molar-refractivity contribution < 1.29 is 14.0 Å². The molecule has 2 amide bonds. The summed E-state index contributed by atoms with van der Waals surface area (Å²) in [5.41, 5.74) is 5.43. The topological polar surface area (TPSA) is 97.1 Å². The fraction of sp³-hybridized carbons (Fsp3) is 0.364. The highest BCUT2D eigenvalue weighted by Crippen LogP contribution is 2.11. The Morgan fingerprint density at radius 2 is 2.39 bits per heavy atom. The van der Waals surface area contributed by atoms with Crippen LogP contribution >= 0.6 is 0 Å². The molecule has 0 aromatic carbocycles. The highest BCUT2D eigenvalue weighted by Gasteiger charge is 2.25. The van der Waals surface area contributed by atoms with E-state index in [1.165, 1.54) is 0 Å². The maximum Gasteiger partial charge on any atom is 0.255 e. The van der Waals surface area contributed by atoms with Crippen LogP contribution in [0, 0.1) is 5.82 Å². The molecule has 0 bridgehead atoms. The van der Waals surface area contributed by atoms with Gasteiger partial charge in [-0.15, -0.1) is 0 Å². The molecule has 1 aromatic heterocycles. The molecule has 1 atom stereocenters. The van der Waals surface area contributed by atoms with Crippen LogP contribution in [0.15, 0.2) is 12.3 Å². The van der Waals surface area contributed by atoms with E-state index < -0.39 is 17.8 Å². The normalized spacial score (nSPS) is 19.2. The summed E-state index contributed by atoms with van der Waals surface area (Å²) in [7, 11) is 0. The van der Waals surface area contributed by atoms with Gasteiger partial charge in [-0.25, -0.2) is 9.37 Å². The molecule has 1 aromatic rings. The second kappa shape index (κ2) is 4.99. The number of anilines is 1. The number of piperidine rings is 1. The minimum absolute atomic E-state index is 0.0617. The highest BCUT2D eigenvalue weighted by atomic mass is 19.1. The fourth-order valence-corrected chi connectivity index (χ4v) is 1.78. The molecule has 1 aliphatic rings. The van der Waals surface area contributed by atoms with Crippen molar-refractivity contribution in [1.29, 1.82) is 0 Å². The van der Waals surface area contributed by atoms with Crippen molar-refractivity contribution in [2.24, 2.45) is 0 Å². The van der Waals surface area contributed by atoms with Gasteiger partial charge in [-0.3, -0.25) is 9.59 Å². The van der Waals surface area contributed by atoms with E-state index in [-0.39, 0.29) is 17.3 Å². The number of hydrogen-bond donors (Lipinski definition) is 3. The predicted molar refractivity (Wildman–Crippen MR) is 62.1 cm³/mol. The molecular weight excluding hydrogens is 239 g/mol. The minimum Gasteiger partial charge on any atom is -0.383 e. The lowest BCUT2D eigenvalue weighted by atomic mass is 10.1. The Morgan fingerprint density at radius 3 is 3.11 bits per heavy atom. The molecule has 1 aliphatic heterocycles. The minimum atomic E-state index is -0.651. The van der Waals surface area contributed by atoms with Crippen LogP contribution in [0.25, 0.3) is 0 Å². The first kappa shape index (κ1) is 12.3. The van der Waals surface area contributed by atoms with Gasteiger partial charge in [-0.1, -0.05) is 0 Å². The molecule has 1 fully saturated rings. The second-order valence-electron chi connectivity index (χ2n) is 4.05. The molecule has 6 nitrogen and oxygen atoms in total. The van der Waals surface area contributed by atoms with Gasteiger partial charge in [0.05, 0.1) is 11.8 Å². The van der Waals surface area contributed by atoms with Gasteiger partial charge in [0.25, 0.3) is 5.91 Å². The van der Waals surface area contributed by atoms with E-state index in [1.807, 2.05) is 0 Å². The zero-order valence-electron chi connectivity index (χ0n) is 9.57. The zero-order valence-corrected chi connectivity index (χ0v) is 9.57. The Balaban J connectivity index is 2.11. The molecule has 18 heavy (non-hydrogen) atoms. The lowest BCUT2D eigenvalue weighted by Gasteiger charge is -2.22. The van der Waals surface area contributed by atoms with Crippen LogP contribution in [-0.2, 0) is 4.79 Å². The molecule has 96 valence electrons. The maximum absolute atomic E-state index is 13.0. The lowest BCUT2D eigenvalue weighted by Crippen LogP contribution is -2.50. The Kier molecular flexibility index (Phi) is 3.40. The second-order valence-corrected chi connectivity index (χ2v) is 4.05. The van der Waals surface area contributed by atoms with Gasteiger partial charge < -0.3 is 16.4 Å². The van der Waals surface area contributed by atoms with E-state index in [1.54, 1.807) is 0 Å². The van der Waals surface area contributed by atoms with E-state index in [9.17, 15) is 14.0 Å². The Hall–Kier alpha value is -2.18. The average molecular weight is 252 g/mol. The number of carbonyl (C=O) groups excluding carboxylic acids is 2. The van der Waals surface area contributed by atoms with E-state index in [0.29, 0.717) is 13.0 Å². The quantitative estimate of drug-likeness (QED) is 0.679. The molecule has 0 radical (unpaired) electrons. The third kappa shape index (κ3) is 2.55. The molecule has 1 unspecified atom stereocenters. The smallest absolute Gasteiger partial charge is 0.255 e. The molecule has 0 spiro atoms. The van der Waals surface area contributed by atoms with Crippen molar-refractivity contribution in [2.75, 3.05) is 12.3 Å². The van der Waals surface area contributed by atoms with Gasteiger partial charge in [-0.2, -0.15) is 0 Å². The first-order chi connectivity index (χ1) is 8.58. The lowest BCUT2D eigenvalue weighted by molar-refractivity contribution is -0.124. The SMILES string of the molecule is Nc1ncc(F)cc1C(=O)NC1CCCNC1=O. The van der Waals surface area contributed by atoms with Crippen LogP contribution in [-0.4, -0.2) is 29.4 Å². The summed E-state index contributed by atoms with van der Waals surface area (Å²) in [4.78, 5) is 26.9. The Labute approximate surface area is 103 Å².